The first-order valence-electron chi connectivity index (χ1n) is 9.52. The lowest BCUT2D eigenvalue weighted by Gasteiger charge is -2.32. The Morgan fingerprint density at radius 2 is 1.96 bits per heavy atom. The molecule has 1 aromatic heterocycles. The molecule has 1 aliphatic carbocycles. The van der Waals surface area contributed by atoms with E-state index in [1.165, 1.54) is 5.56 Å². The number of pyridine rings is 1. The number of piperidine rings is 1. The van der Waals surface area contributed by atoms with Crippen molar-refractivity contribution < 1.29 is 9.90 Å². The van der Waals surface area contributed by atoms with Gasteiger partial charge in [0.1, 0.15) is 0 Å². The molecule has 3 N–H and O–H groups in total. The van der Waals surface area contributed by atoms with Crippen LogP contribution in [0, 0.1) is 5.92 Å². The lowest BCUT2D eigenvalue weighted by atomic mass is 10.0. The fourth-order valence-electron chi connectivity index (χ4n) is 3.84. The number of amides is 2. The zero-order valence-corrected chi connectivity index (χ0v) is 14.9. The lowest BCUT2D eigenvalue weighted by molar-refractivity contribution is 0.176. The molecule has 1 aliphatic heterocycles. The van der Waals surface area contributed by atoms with Crippen molar-refractivity contribution in [2.75, 3.05) is 26.2 Å². The number of rotatable bonds is 6. The van der Waals surface area contributed by atoms with Gasteiger partial charge >= 0.3 is 6.03 Å². The molecule has 2 aliphatic rings. The van der Waals surface area contributed by atoms with Crippen LogP contribution in [0.5, 0.6) is 0 Å². The highest BCUT2D eigenvalue weighted by molar-refractivity contribution is 5.74. The molecule has 6 heteroatoms. The van der Waals surface area contributed by atoms with Crippen molar-refractivity contribution in [3.8, 4) is 0 Å². The maximum atomic E-state index is 12.0. The Hall–Kier alpha value is -1.66. The predicted octanol–water partition coefficient (Wildman–Crippen LogP) is 1.55. The topological polar surface area (TPSA) is 77.5 Å². The number of carbonyl (C=O) groups excluding carboxylic acids is 1. The van der Waals surface area contributed by atoms with Gasteiger partial charge in [0.2, 0.25) is 0 Å². The number of aliphatic hydroxyl groups excluding tert-OH is 1. The second-order valence-electron chi connectivity index (χ2n) is 7.41. The molecule has 2 heterocycles. The number of aromatic nitrogens is 1. The van der Waals surface area contributed by atoms with E-state index in [-0.39, 0.29) is 18.2 Å². The van der Waals surface area contributed by atoms with E-state index in [0.717, 1.165) is 58.2 Å². The van der Waals surface area contributed by atoms with Gasteiger partial charge in [-0.05, 0) is 62.1 Å². The van der Waals surface area contributed by atoms with Crippen molar-refractivity contribution >= 4 is 6.03 Å². The van der Waals surface area contributed by atoms with Crippen LogP contribution in [-0.2, 0) is 6.42 Å². The minimum absolute atomic E-state index is 0.0587. The normalized spacial score (nSPS) is 25.0. The lowest BCUT2D eigenvalue weighted by Crippen LogP contribution is -2.48. The first-order valence-corrected chi connectivity index (χ1v) is 9.52. The van der Waals surface area contributed by atoms with Crippen molar-refractivity contribution in [3.05, 3.63) is 30.1 Å². The number of aliphatic hydroxyl groups is 1. The summed E-state index contributed by atoms with van der Waals surface area (Å²) in [6.45, 7) is 3.80. The number of nitrogens with zero attached hydrogens (tertiary/aromatic N) is 2. The van der Waals surface area contributed by atoms with Gasteiger partial charge < -0.3 is 20.6 Å². The summed E-state index contributed by atoms with van der Waals surface area (Å²) < 4.78 is 0. The van der Waals surface area contributed by atoms with Crippen LogP contribution in [0.2, 0.25) is 0 Å². The number of likely N-dealkylation sites (tertiary alicyclic amines) is 1. The first-order chi connectivity index (χ1) is 12.2. The molecule has 6 nitrogen and oxygen atoms in total. The predicted molar refractivity (Wildman–Crippen MR) is 97.3 cm³/mol. The molecule has 1 aromatic rings. The van der Waals surface area contributed by atoms with Crippen molar-refractivity contribution in [1.82, 2.24) is 20.5 Å². The molecular formula is C19H30N4O2. The van der Waals surface area contributed by atoms with Gasteiger partial charge in [-0.15, -0.1) is 0 Å². The Kier molecular flexibility index (Phi) is 6.64. The van der Waals surface area contributed by atoms with E-state index >= 15 is 0 Å². The van der Waals surface area contributed by atoms with Crippen molar-refractivity contribution in [2.24, 2.45) is 5.92 Å². The third-order valence-electron chi connectivity index (χ3n) is 5.45. The molecule has 3 rings (SSSR count). The summed E-state index contributed by atoms with van der Waals surface area (Å²) in [6, 6.07) is 4.35. The van der Waals surface area contributed by atoms with E-state index < -0.39 is 0 Å². The first kappa shape index (κ1) is 18.1. The van der Waals surface area contributed by atoms with E-state index in [9.17, 15) is 9.90 Å². The van der Waals surface area contributed by atoms with Gasteiger partial charge in [-0.3, -0.25) is 4.98 Å². The summed E-state index contributed by atoms with van der Waals surface area (Å²) in [5.41, 5.74) is 1.33. The van der Waals surface area contributed by atoms with E-state index in [1.807, 2.05) is 12.4 Å². The summed E-state index contributed by atoms with van der Waals surface area (Å²) in [4.78, 5) is 18.6. The minimum atomic E-state index is -0.175. The van der Waals surface area contributed by atoms with E-state index in [1.54, 1.807) is 0 Å². The third-order valence-corrected chi connectivity index (χ3v) is 5.45. The van der Waals surface area contributed by atoms with Crippen LogP contribution >= 0.6 is 0 Å². The average Bonchev–Trinajstić information content (AvgIpc) is 3.06. The smallest absolute Gasteiger partial charge is 0.315 e. The quantitative estimate of drug-likeness (QED) is 0.730. The molecule has 0 spiro atoms. The molecule has 0 radical (unpaired) electrons. The summed E-state index contributed by atoms with van der Waals surface area (Å²) in [5.74, 6) is 0.427. The summed E-state index contributed by atoms with van der Waals surface area (Å²) in [7, 11) is 0. The number of urea groups is 1. The van der Waals surface area contributed by atoms with Gasteiger partial charge in [0.25, 0.3) is 0 Å². The highest BCUT2D eigenvalue weighted by Crippen LogP contribution is 2.24. The number of hydrogen-bond donors (Lipinski definition) is 3. The molecule has 1 saturated carbocycles. The monoisotopic (exact) mass is 346 g/mol. The molecule has 2 amide bonds. The average molecular weight is 346 g/mol. The van der Waals surface area contributed by atoms with Gasteiger partial charge in [-0.1, -0.05) is 0 Å². The SMILES string of the molecule is O=C(NC[C@H]1CC[C@H](O)C1)NC1CCN(CCc2ccncc2)CC1. The van der Waals surface area contributed by atoms with E-state index in [4.69, 9.17) is 0 Å². The van der Waals surface area contributed by atoms with Gasteiger partial charge in [0.15, 0.2) is 0 Å². The fraction of sp³-hybridized carbons (Fsp3) is 0.684. The number of carbonyl (C=O) groups is 1. The van der Waals surface area contributed by atoms with Crippen LogP contribution in [0.4, 0.5) is 4.79 Å². The fourth-order valence-corrected chi connectivity index (χ4v) is 3.84. The molecule has 1 saturated heterocycles. The van der Waals surface area contributed by atoms with Crippen LogP contribution in [0.3, 0.4) is 0 Å². The van der Waals surface area contributed by atoms with Crippen molar-refractivity contribution in [2.45, 2.75) is 50.7 Å². The second-order valence-corrected chi connectivity index (χ2v) is 7.41. The molecule has 2 atom stereocenters. The molecule has 0 bridgehead atoms. The van der Waals surface area contributed by atoms with Crippen LogP contribution in [0.25, 0.3) is 0 Å². The molecule has 2 fully saturated rings. The van der Waals surface area contributed by atoms with E-state index in [0.29, 0.717) is 12.5 Å². The van der Waals surface area contributed by atoms with Gasteiger partial charge in [-0.25, -0.2) is 4.79 Å². The number of hydrogen-bond acceptors (Lipinski definition) is 4. The van der Waals surface area contributed by atoms with E-state index in [2.05, 4.69) is 32.7 Å². The Balaban J connectivity index is 1.29. The van der Waals surface area contributed by atoms with Crippen LogP contribution in [0.1, 0.15) is 37.7 Å². The second kappa shape index (κ2) is 9.15. The summed E-state index contributed by atoms with van der Waals surface area (Å²) in [5, 5.41) is 15.6. The summed E-state index contributed by atoms with van der Waals surface area (Å²) >= 11 is 0. The van der Waals surface area contributed by atoms with Gasteiger partial charge in [0, 0.05) is 44.6 Å². The zero-order valence-electron chi connectivity index (χ0n) is 14.9. The highest BCUT2D eigenvalue weighted by atomic mass is 16.3. The van der Waals surface area contributed by atoms with Crippen molar-refractivity contribution in [1.29, 1.82) is 0 Å². The van der Waals surface area contributed by atoms with Crippen LogP contribution in [0.15, 0.2) is 24.5 Å². The molecule has 138 valence electrons. The maximum Gasteiger partial charge on any atom is 0.315 e. The van der Waals surface area contributed by atoms with Crippen LogP contribution < -0.4 is 10.6 Å². The standard InChI is InChI=1S/C19H30N4O2/c24-18-2-1-16(13-18)14-21-19(25)22-17-6-11-23(12-7-17)10-5-15-3-8-20-9-4-15/h3-4,8-9,16-18,24H,1-2,5-7,10-14H2,(H2,21,22,25)/t16-,18-/m0/s1. The Labute approximate surface area is 150 Å². The molecule has 0 unspecified atom stereocenters. The maximum absolute atomic E-state index is 12.0. The number of nitrogens with one attached hydrogen (secondary N) is 2. The third kappa shape index (κ3) is 5.97. The molecular weight excluding hydrogens is 316 g/mol. The summed E-state index contributed by atoms with van der Waals surface area (Å²) in [6.07, 6.45) is 9.27. The van der Waals surface area contributed by atoms with Gasteiger partial charge in [-0.2, -0.15) is 0 Å². The minimum Gasteiger partial charge on any atom is -0.393 e. The molecule has 25 heavy (non-hydrogen) atoms. The Morgan fingerprint density at radius 1 is 1.20 bits per heavy atom. The zero-order chi connectivity index (χ0) is 17.5. The van der Waals surface area contributed by atoms with Gasteiger partial charge in [0.05, 0.1) is 6.10 Å². The van der Waals surface area contributed by atoms with Crippen molar-refractivity contribution in [3.63, 3.8) is 0 Å². The highest BCUT2D eigenvalue weighted by Gasteiger charge is 2.24. The largest absolute Gasteiger partial charge is 0.393 e. The Bertz CT molecular complexity index is 531. The van der Waals surface area contributed by atoms with Crippen LogP contribution in [-0.4, -0.2) is 59.3 Å². The Morgan fingerprint density at radius 3 is 2.64 bits per heavy atom. The molecule has 0 aromatic carbocycles.